The number of ether oxygens (including phenoxy) is 2. The van der Waals surface area contributed by atoms with Gasteiger partial charge in [0.15, 0.2) is 0 Å². The molecule has 0 aliphatic rings. The Morgan fingerprint density at radius 2 is 0.758 bits per heavy atom. The average molecular weight is 956 g/mol. The summed E-state index contributed by atoms with van der Waals surface area (Å²) < 4.78 is 22.4. The first-order valence-electron chi connectivity index (χ1n) is 28.4. The molecule has 0 rings (SSSR count). The summed E-state index contributed by atoms with van der Waals surface area (Å²) in [5.74, 6) is -0.138. The molecule has 0 aromatic rings. The van der Waals surface area contributed by atoms with Crippen molar-refractivity contribution in [2.75, 3.05) is 65.2 Å². The number of carbonyl (C=O) groups excluding carboxylic acids is 2. The molecule has 0 spiro atoms. The van der Waals surface area contributed by atoms with Gasteiger partial charge in [-0.2, -0.15) is 0 Å². The average Bonchev–Trinajstić information content (AvgIpc) is 3.29. The number of allylic oxidation sites excluding steroid dienone is 1. The molecule has 0 heterocycles. The van der Waals surface area contributed by atoms with Crippen molar-refractivity contribution in [2.45, 2.75) is 264 Å². The quantitative estimate of drug-likeness (QED) is 0.0233. The first-order chi connectivity index (χ1) is 32.2. The van der Waals surface area contributed by atoms with Crippen molar-refractivity contribution in [3.05, 3.63) is 12.2 Å². The maximum Gasteiger partial charge on any atom is 0.326 e. The molecule has 0 aliphatic heterocycles. The highest BCUT2D eigenvalue weighted by atomic mass is 31.2. The second-order valence-electron chi connectivity index (χ2n) is 19.5. The van der Waals surface area contributed by atoms with Gasteiger partial charge in [-0.1, -0.05) is 199 Å². The van der Waals surface area contributed by atoms with Crippen LogP contribution in [0.15, 0.2) is 12.2 Å². The van der Waals surface area contributed by atoms with Crippen LogP contribution in [-0.4, -0.2) is 96.7 Å². The minimum absolute atomic E-state index is 0.0522. The van der Waals surface area contributed by atoms with Crippen LogP contribution in [-0.2, 0) is 23.6 Å². The molecule has 66 heavy (non-hydrogen) atoms. The van der Waals surface area contributed by atoms with Crippen molar-refractivity contribution < 1.29 is 33.4 Å². The van der Waals surface area contributed by atoms with Crippen LogP contribution in [0.3, 0.4) is 0 Å². The molecule has 0 aromatic heterocycles. The normalized spacial score (nSPS) is 12.0. The van der Waals surface area contributed by atoms with Gasteiger partial charge in [0, 0.05) is 32.5 Å². The molecule has 0 amide bonds. The summed E-state index contributed by atoms with van der Waals surface area (Å²) in [6.07, 6.45) is 49.6. The van der Waals surface area contributed by atoms with Gasteiger partial charge in [0.1, 0.15) is 0 Å². The molecular formula is C55H110N3O7P. The second-order valence-corrected chi connectivity index (χ2v) is 21.3. The molecule has 0 saturated carbocycles. The van der Waals surface area contributed by atoms with E-state index in [1.165, 1.54) is 135 Å². The molecule has 0 unspecified atom stereocenters. The molecule has 0 saturated heterocycles. The Labute approximate surface area is 408 Å². The van der Waals surface area contributed by atoms with Crippen molar-refractivity contribution in [3.63, 3.8) is 0 Å². The van der Waals surface area contributed by atoms with Crippen molar-refractivity contribution >= 4 is 19.5 Å². The van der Waals surface area contributed by atoms with Crippen LogP contribution >= 0.6 is 7.60 Å². The van der Waals surface area contributed by atoms with Crippen molar-refractivity contribution in [3.8, 4) is 0 Å². The number of nitrogens with two attached hydrogens (primary N) is 1. The van der Waals surface area contributed by atoms with Crippen LogP contribution in [0.1, 0.15) is 264 Å². The first-order valence-corrected chi connectivity index (χ1v) is 30.2. The number of hydrogen-bond donors (Lipinski definition) is 3. The molecule has 10 nitrogen and oxygen atoms in total. The lowest BCUT2D eigenvalue weighted by Gasteiger charge is -2.22. The number of esters is 2. The van der Waals surface area contributed by atoms with Crippen LogP contribution in [0.25, 0.3) is 0 Å². The summed E-state index contributed by atoms with van der Waals surface area (Å²) >= 11 is 0. The largest absolute Gasteiger partial charge is 0.466 e. The van der Waals surface area contributed by atoms with E-state index >= 15 is 0 Å². The number of hydrogen-bond acceptors (Lipinski definition) is 8. The standard InChI is InChI=1S/C55H110N3O7P/c1-3-5-7-9-11-12-13-20-28-36-45-57(49-44-56)46-37-29-21-14-15-25-33-41-52-65-55(60)43-35-27-19-17-23-31-39-48-58(50-53-66(61,62)63)47-38-30-22-16-18-26-34-42-54(59)64-51-40-32-24-10-8-6-4-2/h24,32H,3-23,25-31,33-53,56H2,1-2H3,(H2,61,62,63)/b32-24-. The molecule has 392 valence electrons. The van der Waals surface area contributed by atoms with Crippen LogP contribution in [0, 0.1) is 0 Å². The molecule has 4 N–H and O–H groups in total. The van der Waals surface area contributed by atoms with E-state index in [9.17, 15) is 23.9 Å². The predicted molar refractivity (Wildman–Crippen MR) is 281 cm³/mol. The zero-order chi connectivity index (χ0) is 48.3. The van der Waals surface area contributed by atoms with Crippen LogP contribution in [0.2, 0.25) is 0 Å². The van der Waals surface area contributed by atoms with Crippen molar-refractivity contribution in [2.24, 2.45) is 5.73 Å². The molecular weight excluding hydrogens is 846 g/mol. The molecule has 0 radical (unpaired) electrons. The molecule has 0 fully saturated rings. The Morgan fingerprint density at radius 3 is 1.17 bits per heavy atom. The van der Waals surface area contributed by atoms with E-state index in [1.807, 2.05) is 0 Å². The van der Waals surface area contributed by atoms with E-state index in [0.717, 1.165) is 142 Å². The van der Waals surface area contributed by atoms with Gasteiger partial charge in [0.05, 0.1) is 19.4 Å². The maximum atomic E-state index is 12.2. The summed E-state index contributed by atoms with van der Waals surface area (Å²) in [6.45, 7) is 11.9. The maximum absolute atomic E-state index is 12.2. The summed E-state index contributed by atoms with van der Waals surface area (Å²) in [7, 11) is -4.01. The first kappa shape index (κ1) is 64.7. The van der Waals surface area contributed by atoms with E-state index in [1.54, 1.807) is 0 Å². The van der Waals surface area contributed by atoms with E-state index in [2.05, 4.69) is 35.8 Å². The lowest BCUT2D eigenvalue weighted by atomic mass is 10.1. The molecule has 0 aromatic carbocycles. The minimum atomic E-state index is -4.01. The Bertz CT molecular complexity index is 1110. The van der Waals surface area contributed by atoms with E-state index < -0.39 is 7.60 Å². The summed E-state index contributed by atoms with van der Waals surface area (Å²) in [5, 5.41) is 0. The Balaban J connectivity index is 3.75. The van der Waals surface area contributed by atoms with Gasteiger partial charge >= 0.3 is 19.5 Å². The highest BCUT2D eigenvalue weighted by molar-refractivity contribution is 7.51. The monoisotopic (exact) mass is 956 g/mol. The SMILES string of the molecule is CCCCC/C=C\CCOC(=O)CCCCCCCCCN(CCCCCCCCCC(=O)OCCCCCCCCCCN(CCN)CCCCCCCCCCCC)CCP(=O)(O)O. The predicted octanol–water partition coefficient (Wildman–Crippen LogP) is 14.6. The molecule has 0 aliphatic carbocycles. The third kappa shape index (κ3) is 52.1. The van der Waals surface area contributed by atoms with Gasteiger partial charge in [-0.3, -0.25) is 14.2 Å². The minimum Gasteiger partial charge on any atom is -0.466 e. The Hall–Kier alpha value is -1.29. The lowest BCUT2D eigenvalue weighted by Crippen LogP contribution is -2.31. The lowest BCUT2D eigenvalue weighted by molar-refractivity contribution is -0.144. The summed E-state index contributed by atoms with van der Waals surface area (Å²) in [6, 6.07) is 0. The fraction of sp³-hybridized carbons (Fsp3) is 0.927. The number of nitrogens with zero attached hydrogens (tertiary/aromatic N) is 2. The summed E-state index contributed by atoms with van der Waals surface area (Å²) in [4.78, 5) is 47.9. The van der Waals surface area contributed by atoms with Gasteiger partial charge in [-0.15, -0.1) is 0 Å². The van der Waals surface area contributed by atoms with E-state index in [0.29, 0.717) is 32.6 Å². The second kappa shape index (κ2) is 51.6. The van der Waals surface area contributed by atoms with Crippen LogP contribution < -0.4 is 5.73 Å². The van der Waals surface area contributed by atoms with Crippen molar-refractivity contribution in [1.82, 2.24) is 9.80 Å². The number of unbranched alkanes of at least 4 members (excludes halogenated alkanes) is 31. The fourth-order valence-corrected chi connectivity index (χ4v) is 9.29. The van der Waals surface area contributed by atoms with Gasteiger partial charge in [0.25, 0.3) is 0 Å². The highest BCUT2D eigenvalue weighted by Gasteiger charge is 2.15. The zero-order valence-electron chi connectivity index (χ0n) is 43.7. The van der Waals surface area contributed by atoms with Crippen LogP contribution in [0.5, 0.6) is 0 Å². The smallest absolute Gasteiger partial charge is 0.326 e. The van der Waals surface area contributed by atoms with E-state index in [-0.39, 0.29) is 18.1 Å². The molecule has 0 atom stereocenters. The Morgan fingerprint density at radius 1 is 0.424 bits per heavy atom. The third-order valence-electron chi connectivity index (χ3n) is 13.0. The fourth-order valence-electron chi connectivity index (χ4n) is 8.74. The van der Waals surface area contributed by atoms with Gasteiger partial charge < -0.3 is 34.8 Å². The van der Waals surface area contributed by atoms with Gasteiger partial charge in [0.2, 0.25) is 0 Å². The molecule has 0 bridgehead atoms. The summed E-state index contributed by atoms with van der Waals surface area (Å²) in [5.41, 5.74) is 5.90. The number of rotatable bonds is 54. The molecule has 11 heteroatoms. The topological polar surface area (TPSA) is 143 Å². The van der Waals surface area contributed by atoms with Crippen molar-refractivity contribution in [1.29, 1.82) is 0 Å². The highest BCUT2D eigenvalue weighted by Crippen LogP contribution is 2.33. The van der Waals surface area contributed by atoms with Crippen LogP contribution in [0.4, 0.5) is 0 Å². The third-order valence-corrected chi connectivity index (χ3v) is 13.8. The zero-order valence-corrected chi connectivity index (χ0v) is 44.6. The van der Waals surface area contributed by atoms with E-state index in [4.69, 9.17) is 15.2 Å². The Kier molecular flexibility index (Phi) is 50.5. The number of carbonyl (C=O) groups is 2. The van der Waals surface area contributed by atoms with Gasteiger partial charge in [-0.05, 0) is 90.4 Å². The van der Waals surface area contributed by atoms with Gasteiger partial charge in [-0.25, -0.2) is 0 Å².